The fourth-order valence-corrected chi connectivity index (χ4v) is 2.98. The molecular weight excluding hydrogens is 302 g/mol. The van der Waals surface area contributed by atoms with E-state index in [1.54, 1.807) is 6.92 Å². The molecule has 1 N–H and O–H groups in total. The Morgan fingerprint density at radius 3 is 2.38 bits per heavy atom. The van der Waals surface area contributed by atoms with Crippen LogP contribution in [0.15, 0.2) is 36.5 Å². The van der Waals surface area contributed by atoms with Gasteiger partial charge in [-0.15, -0.1) is 20.4 Å². The van der Waals surface area contributed by atoms with Gasteiger partial charge in [-0.3, -0.25) is 0 Å². The van der Waals surface area contributed by atoms with Crippen molar-refractivity contribution < 1.29 is 0 Å². The highest BCUT2D eigenvalue weighted by Crippen LogP contribution is 2.24. The van der Waals surface area contributed by atoms with Crippen LogP contribution in [0.5, 0.6) is 0 Å². The molecule has 0 saturated carbocycles. The van der Waals surface area contributed by atoms with Crippen molar-refractivity contribution in [2.45, 2.75) is 25.7 Å². The Hall–Kier alpha value is -2.67. The first-order chi connectivity index (χ1) is 11.8. The number of aryl methyl sites for hydroxylation is 1. The smallest absolute Gasteiger partial charge is 0.203 e. The standard InChI is InChI=1S/C17H19N7/c1-12-19-21-17(22-20-12)14-2-4-15(5-3-14)24-11-8-16(23-24)13-6-9-18-10-7-13/h2-5,8,11,13,18H,6-7,9-10H2,1H3. The van der Waals surface area contributed by atoms with Gasteiger partial charge in [-0.1, -0.05) is 0 Å². The number of hydrogen-bond donors (Lipinski definition) is 1. The molecule has 0 spiro atoms. The van der Waals surface area contributed by atoms with Crippen molar-refractivity contribution >= 4 is 0 Å². The minimum Gasteiger partial charge on any atom is -0.317 e. The third-order valence-corrected chi connectivity index (χ3v) is 4.34. The Balaban J connectivity index is 1.54. The van der Waals surface area contributed by atoms with Crippen molar-refractivity contribution in [1.82, 2.24) is 35.5 Å². The molecule has 122 valence electrons. The van der Waals surface area contributed by atoms with Crippen molar-refractivity contribution in [2.75, 3.05) is 13.1 Å². The van der Waals surface area contributed by atoms with Gasteiger partial charge in [0.2, 0.25) is 5.82 Å². The fourth-order valence-electron chi connectivity index (χ4n) is 2.98. The highest BCUT2D eigenvalue weighted by molar-refractivity contribution is 5.56. The topological polar surface area (TPSA) is 81.4 Å². The summed E-state index contributed by atoms with van der Waals surface area (Å²) in [6.45, 7) is 3.92. The molecule has 4 rings (SSSR count). The summed E-state index contributed by atoms with van der Waals surface area (Å²) in [5, 5.41) is 24.2. The summed E-state index contributed by atoms with van der Waals surface area (Å²) in [4.78, 5) is 0. The minimum absolute atomic E-state index is 0.531. The van der Waals surface area contributed by atoms with E-state index in [1.807, 2.05) is 35.1 Å². The molecule has 1 saturated heterocycles. The average Bonchev–Trinajstić information content (AvgIpc) is 3.13. The predicted molar refractivity (Wildman–Crippen MR) is 89.8 cm³/mol. The molecule has 3 heterocycles. The zero-order valence-electron chi connectivity index (χ0n) is 13.6. The third kappa shape index (κ3) is 3.03. The lowest BCUT2D eigenvalue weighted by Crippen LogP contribution is -2.26. The number of nitrogens with zero attached hydrogens (tertiary/aromatic N) is 6. The van der Waals surface area contributed by atoms with E-state index in [4.69, 9.17) is 5.10 Å². The van der Waals surface area contributed by atoms with Gasteiger partial charge in [0.25, 0.3) is 0 Å². The van der Waals surface area contributed by atoms with Crippen molar-refractivity contribution in [2.24, 2.45) is 0 Å². The van der Waals surface area contributed by atoms with Crippen LogP contribution in [0.3, 0.4) is 0 Å². The van der Waals surface area contributed by atoms with Crippen molar-refractivity contribution in [1.29, 1.82) is 0 Å². The quantitative estimate of drug-likeness (QED) is 0.793. The molecular formula is C17H19N7. The van der Waals surface area contributed by atoms with Gasteiger partial charge in [0.05, 0.1) is 11.4 Å². The van der Waals surface area contributed by atoms with Crippen molar-refractivity contribution in [3.63, 3.8) is 0 Å². The van der Waals surface area contributed by atoms with E-state index in [-0.39, 0.29) is 0 Å². The molecule has 7 heteroatoms. The molecule has 0 amide bonds. The SMILES string of the molecule is Cc1nnc(-c2ccc(-n3ccc(C4CCNCC4)n3)cc2)nn1. The Labute approximate surface area is 140 Å². The Kier molecular flexibility index (Phi) is 4.00. The van der Waals surface area contributed by atoms with E-state index in [0.717, 1.165) is 37.2 Å². The average molecular weight is 321 g/mol. The summed E-state index contributed by atoms with van der Waals surface area (Å²) in [7, 11) is 0. The van der Waals surface area contributed by atoms with Crippen LogP contribution in [0.2, 0.25) is 0 Å². The zero-order valence-corrected chi connectivity index (χ0v) is 13.6. The Bertz CT molecular complexity index is 802. The van der Waals surface area contributed by atoms with Crippen LogP contribution < -0.4 is 5.32 Å². The van der Waals surface area contributed by atoms with Crippen LogP contribution in [0.4, 0.5) is 0 Å². The number of piperidine rings is 1. The van der Waals surface area contributed by atoms with E-state index >= 15 is 0 Å². The molecule has 0 atom stereocenters. The maximum Gasteiger partial charge on any atom is 0.203 e. The first-order valence-electron chi connectivity index (χ1n) is 8.21. The van der Waals surface area contributed by atoms with Crippen molar-refractivity contribution in [3.05, 3.63) is 48.0 Å². The van der Waals surface area contributed by atoms with Crippen LogP contribution in [0.25, 0.3) is 17.1 Å². The van der Waals surface area contributed by atoms with Crippen LogP contribution in [-0.2, 0) is 0 Å². The zero-order chi connectivity index (χ0) is 16.4. The lowest BCUT2D eigenvalue weighted by Gasteiger charge is -2.20. The van der Waals surface area contributed by atoms with E-state index in [2.05, 4.69) is 31.8 Å². The molecule has 2 aromatic heterocycles. The second-order valence-corrected chi connectivity index (χ2v) is 6.03. The molecule has 0 unspecified atom stereocenters. The van der Waals surface area contributed by atoms with Gasteiger partial charge in [0, 0.05) is 17.7 Å². The first-order valence-corrected chi connectivity index (χ1v) is 8.21. The molecule has 1 aromatic carbocycles. The Morgan fingerprint density at radius 2 is 1.67 bits per heavy atom. The van der Waals surface area contributed by atoms with Crippen LogP contribution in [0.1, 0.15) is 30.3 Å². The Morgan fingerprint density at radius 1 is 0.958 bits per heavy atom. The molecule has 0 aliphatic carbocycles. The number of nitrogens with one attached hydrogen (secondary N) is 1. The second-order valence-electron chi connectivity index (χ2n) is 6.03. The first kappa shape index (κ1) is 14.9. The summed E-state index contributed by atoms with van der Waals surface area (Å²) >= 11 is 0. The maximum absolute atomic E-state index is 4.75. The maximum atomic E-state index is 4.75. The largest absolute Gasteiger partial charge is 0.317 e. The summed E-state index contributed by atoms with van der Waals surface area (Å²) in [6, 6.07) is 10.1. The molecule has 1 fully saturated rings. The molecule has 1 aliphatic rings. The van der Waals surface area contributed by atoms with Gasteiger partial charge >= 0.3 is 0 Å². The lowest BCUT2D eigenvalue weighted by atomic mass is 9.95. The van der Waals surface area contributed by atoms with Gasteiger partial charge < -0.3 is 5.32 Å². The second kappa shape index (κ2) is 6.45. The van der Waals surface area contributed by atoms with Gasteiger partial charge in [-0.05, 0) is 63.2 Å². The number of benzene rings is 1. The molecule has 1 aliphatic heterocycles. The molecule has 3 aromatic rings. The fraction of sp³-hybridized carbons (Fsp3) is 0.353. The predicted octanol–water partition coefficient (Wildman–Crippen LogP) is 1.89. The van der Waals surface area contributed by atoms with Gasteiger partial charge in [0.1, 0.15) is 0 Å². The molecule has 0 radical (unpaired) electrons. The lowest BCUT2D eigenvalue weighted by molar-refractivity contribution is 0.451. The van der Waals surface area contributed by atoms with Crippen LogP contribution in [-0.4, -0.2) is 43.3 Å². The normalized spacial score (nSPS) is 15.5. The van der Waals surface area contributed by atoms with Crippen molar-refractivity contribution in [3.8, 4) is 17.1 Å². The van der Waals surface area contributed by atoms with Crippen LogP contribution in [0, 0.1) is 6.92 Å². The van der Waals surface area contributed by atoms with Gasteiger partial charge in [-0.2, -0.15) is 5.10 Å². The monoisotopic (exact) mass is 321 g/mol. The van der Waals surface area contributed by atoms with E-state index in [1.165, 1.54) is 5.69 Å². The van der Waals surface area contributed by atoms with Gasteiger partial charge in [-0.25, -0.2) is 4.68 Å². The number of rotatable bonds is 3. The van der Waals surface area contributed by atoms with Gasteiger partial charge in [0.15, 0.2) is 5.82 Å². The summed E-state index contributed by atoms with van der Waals surface area (Å²) in [5.74, 6) is 1.66. The summed E-state index contributed by atoms with van der Waals surface area (Å²) in [5.41, 5.74) is 3.09. The third-order valence-electron chi connectivity index (χ3n) is 4.34. The van der Waals surface area contributed by atoms with E-state index in [9.17, 15) is 0 Å². The molecule has 0 bridgehead atoms. The van der Waals surface area contributed by atoms with E-state index in [0.29, 0.717) is 17.6 Å². The highest BCUT2D eigenvalue weighted by Gasteiger charge is 2.17. The van der Waals surface area contributed by atoms with Crippen LogP contribution >= 0.6 is 0 Å². The highest BCUT2D eigenvalue weighted by atomic mass is 15.3. The number of hydrogen-bond acceptors (Lipinski definition) is 6. The molecule has 7 nitrogen and oxygen atoms in total. The van der Waals surface area contributed by atoms with E-state index < -0.39 is 0 Å². The summed E-state index contributed by atoms with van der Waals surface area (Å²) in [6.07, 6.45) is 4.33. The summed E-state index contributed by atoms with van der Waals surface area (Å²) < 4.78 is 1.92. The number of aromatic nitrogens is 6. The minimum atomic E-state index is 0.531. The molecule has 24 heavy (non-hydrogen) atoms.